The molecule has 7 heteroatoms. The third-order valence-electron chi connectivity index (χ3n) is 3.49. The van der Waals surface area contributed by atoms with Gasteiger partial charge in [0, 0.05) is 12.5 Å². The van der Waals surface area contributed by atoms with Crippen molar-refractivity contribution in [3.63, 3.8) is 0 Å². The number of thiazole rings is 1. The summed E-state index contributed by atoms with van der Waals surface area (Å²) in [7, 11) is 1.71. The summed E-state index contributed by atoms with van der Waals surface area (Å²) in [6.45, 7) is 2.74. The first-order chi connectivity index (χ1) is 11.6. The average molecular weight is 399 g/mol. The predicted octanol–water partition coefficient (Wildman–Crippen LogP) is 6.02. The monoisotopic (exact) mass is 398 g/mol. The van der Waals surface area contributed by atoms with E-state index in [0.29, 0.717) is 16.7 Å². The topological polar surface area (TPSA) is 26.5 Å². The van der Waals surface area contributed by atoms with Gasteiger partial charge in [-0.3, -0.25) is 0 Å². The number of halogens is 2. The Morgan fingerprint density at radius 3 is 2.71 bits per heavy atom. The van der Waals surface area contributed by atoms with Gasteiger partial charge in [0.25, 0.3) is 0 Å². The normalized spacial score (nSPS) is 13.4. The highest BCUT2D eigenvalue weighted by molar-refractivity contribution is 7.14. The molecule has 0 N–H and O–H groups in total. The van der Waals surface area contributed by atoms with Crippen LogP contribution in [-0.4, -0.2) is 18.3 Å². The third kappa shape index (κ3) is 3.76. The van der Waals surface area contributed by atoms with Gasteiger partial charge in [0.15, 0.2) is 4.80 Å². The van der Waals surface area contributed by atoms with Crippen molar-refractivity contribution in [2.45, 2.75) is 13.0 Å². The number of benzene rings is 1. The van der Waals surface area contributed by atoms with E-state index >= 15 is 0 Å². The van der Waals surface area contributed by atoms with E-state index in [9.17, 15) is 0 Å². The molecule has 2 heterocycles. The summed E-state index contributed by atoms with van der Waals surface area (Å²) in [5.74, 6) is 0. The highest BCUT2D eigenvalue weighted by Gasteiger charge is 2.14. The van der Waals surface area contributed by atoms with E-state index in [0.717, 1.165) is 16.2 Å². The average Bonchev–Trinajstić information content (AvgIpc) is 3.20. The summed E-state index contributed by atoms with van der Waals surface area (Å²) in [5, 5.41) is 5.24. The van der Waals surface area contributed by atoms with Crippen LogP contribution in [0.15, 0.2) is 46.1 Å². The molecule has 0 spiro atoms. The molecule has 3 rings (SSSR count). The van der Waals surface area contributed by atoms with Gasteiger partial charge in [0.2, 0.25) is 0 Å². The molecule has 126 valence electrons. The van der Waals surface area contributed by atoms with Crippen LogP contribution >= 0.6 is 45.9 Å². The van der Waals surface area contributed by atoms with Crippen LogP contribution in [0.5, 0.6) is 0 Å². The minimum absolute atomic E-state index is 0.167. The van der Waals surface area contributed by atoms with E-state index in [1.165, 1.54) is 4.88 Å². The van der Waals surface area contributed by atoms with Crippen LogP contribution in [0.3, 0.4) is 0 Å². The zero-order valence-electron chi connectivity index (χ0n) is 13.2. The maximum Gasteiger partial charge on any atom is 0.190 e. The Labute approximate surface area is 158 Å². The van der Waals surface area contributed by atoms with Gasteiger partial charge in [-0.05, 0) is 36.6 Å². The highest BCUT2D eigenvalue weighted by atomic mass is 35.5. The third-order valence-corrected chi connectivity index (χ3v) is 5.96. The summed E-state index contributed by atoms with van der Waals surface area (Å²) < 4.78 is 7.56. The van der Waals surface area contributed by atoms with Crippen LogP contribution in [0.1, 0.15) is 13.0 Å². The Morgan fingerprint density at radius 2 is 2.04 bits per heavy atom. The second-order valence-electron chi connectivity index (χ2n) is 5.27. The molecular formula is C17H16Cl2N2OS2. The van der Waals surface area contributed by atoms with Crippen molar-refractivity contribution in [3.8, 4) is 10.6 Å². The molecule has 3 nitrogen and oxygen atoms in total. The molecule has 1 atom stereocenters. The fourth-order valence-corrected chi connectivity index (χ4v) is 4.53. The fraction of sp³-hybridized carbons (Fsp3) is 0.235. The van der Waals surface area contributed by atoms with Gasteiger partial charge in [0.05, 0.1) is 39.0 Å². The quantitative estimate of drug-likeness (QED) is 0.515. The molecule has 1 aromatic carbocycles. The second-order valence-corrected chi connectivity index (χ2v) is 7.86. The minimum atomic E-state index is 0.167. The van der Waals surface area contributed by atoms with Gasteiger partial charge in [-0.2, -0.15) is 0 Å². The van der Waals surface area contributed by atoms with Crippen LogP contribution in [0.2, 0.25) is 10.0 Å². The summed E-state index contributed by atoms with van der Waals surface area (Å²) in [5.41, 5.74) is 1.93. The van der Waals surface area contributed by atoms with Crippen LogP contribution in [-0.2, 0) is 4.74 Å². The zero-order valence-corrected chi connectivity index (χ0v) is 16.3. The molecule has 1 unspecified atom stereocenters. The van der Waals surface area contributed by atoms with E-state index in [2.05, 4.69) is 34.4 Å². The molecule has 3 aromatic rings. The SMILES string of the molecule is COCC(C)n1c(-c2cccs2)csc1=Nc1ccc(Cl)c(Cl)c1. The Morgan fingerprint density at radius 1 is 1.21 bits per heavy atom. The zero-order chi connectivity index (χ0) is 17.1. The van der Waals surface area contributed by atoms with Gasteiger partial charge in [-0.15, -0.1) is 22.7 Å². The van der Waals surface area contributed by atoms with Crippen molar-refractivity contribution in [2.75, 3.05) is 13.7 Å². The van der Waals surface area contributed by atoms with Crippen molar-refractivity contribution < 1.29 is 4.74 Å². The van der Waals surface area contributed by atoms with Crippen molar-refractivity contribution >= 4 is 51.6 Å². The molecule has 0 bridgehead atoms. The van der Waals surface area contributed by atoms with Crippen molar-refractivity contribution in [3.05, 3.63) is 55.9 Å². The van der Waals surface area contributed by atoms with E-state index in [1.54, 1.807) is 41.9 Å². The minimum Gasteiger partial charge on any atom is -0.383 e. The molecule has 0 amide bonds. The molecule has 0 fully saturated rings. The molecular weight excluding hydrogens is 383 g/mol. The molecule has 0 saturated heterocycles. The van der Waals surface area contributed by atoms with Gasteiger partial charge in [-0.25, -0.2) is 4.99 Å². The number of ether oxygens (including phenoxy) is 1. The number of aromatic nitrogens is 1. The van der Waals surface area contributed by atoms with Gasteiger partial charge in [-0.1, -0.05) is 29.3 Å². The lowest BCUT2D eigenvalue weighted by Gasteiger charge is -2.15. The van der Waals surface area contributed by atoms with E-state index in [-0.39, 0.29) is 6.04 Å². The number of hydrogen-bond donors (Lipinski definition) is 0. The largest absolute Gasteiger partial charge is 0.383 e. The summed E-state index contributed by atoms with van der Waals surface area (Å²) in [4.78, 5) is 6.88. The molecule has 0 aliphatic carbocycles. The maximum atomic E-state index is 6.10. The lowest BCUT2D eigenvalue weighted by molar-refractivity contribution is 0.162. The lowest BCUT2D eigenvalue weighted by atomic mass is 10.3. The predicted molar refractivity (Wildman–Crippen MR) is 104 cm³/mol. The van der Waals surface area contributed by atoms with E-state index < -0.39 is 0 Å². The van der Waals surface area contributed by atoms with Crippen LogP contribution in [0, 0.1) is 0 Å². The second kappa shape index (κ2) is 7.85. The molecule has 0 saturated carbocycles. The van der Waals surface area contributed by atoms with E-state index in [1.807, 2.05) is 6.07 Å². The summed E-state index contributed by atoms with van der Waals surface area (Å²) >= 11 is 15.4. The Balaban J connectivity index is 2.13. The standard InChI is InChI=1S/C17H16Cl2N2OS2/c1-11(9-22-2)21-15(16-4-3-7-23-16)10-24-17(21)20-12-5-6-13(18)14(19)8-12/h3-8,10-11H,9H2,1-2H3. The first-order valence-corrected chi connectivity index (χ1v) is 9.84. The molecule has 0 radical (unpaired) electrons. The summed E-state index contributed by atoms with van der Waals surface area (Å²) in [6.07, 6.45) is 0. The van der Waals surface area contributed by atoms with Crippen molar-refractivity contribution in [1.29, 1.82) is 0 Å². The number of methoxy groups -OCH3 is 1. The summed E-state index contributed by atoms with van der Waals surface area (Å²) in [6, 6.07) is 9.74. The highest BCUT2D eigenvalue weighted by Crippen LogP contribution is 2.29. The number of nitrogens with zero attached hydrogens (tertiary/aromatic N) is 2. The number of rotatable bonds is 5. The molecule has 0 aliphatic rings. The van der Waals surface area contributed by atoms with E-state index in [4.69, 9.17) is 32.9 Å². The van der Waals surface area contributed by atoms with Crippen LogP contribution < -0.4 is 4.80 Å². The van der Waals surface area contributed by atoms with Crippen LogP contribution in [0.4, 0.5) is 5.69 Å². The first kappa shape index (κ1) is 17.7. The lowest BCUT2D eigenvalue weighted by Crippen LogP contribution is -2.22. The molecule has 2 aromatic heterocycles. The van der Waals surface area contributed by atoms with Gasteiger partial charge < -0.3 is 9.30 Å². The molecule has 24 heavy (non-hydrogen) atoms. The van der Waals surface area contributed by atoms with Gasteiger partial charge >= 0.3 is 0 Å². The Bertz CT molecular complexity index is 884. The maximum absolute atomic E-state index is 6.10. The van der Waals surface area contributed by atoms with Crippen molar-refractivity contribution in [1.82, 2.24) is 4.57 Å². The fourth-order valence-electron chi connectivity index (χ4n) is 2.41. The Hall–Kier alpha value is -1.11. The first-order valence-electron chi connectivity index (χ1n) is 7.32. The number of hydrogen-bond acceptors (Lipinski definition) is 4. The Kier molecular flexibility index (Phi) is 5.79. The van der Waals surface area contributed by atoms with Crippen molar-refractivity contribution in [2.24, 2.45) is 4.99 Å². The number of thiophene rings is 1. The smallest absolute Gasteiger partial charge is 0.190 e. The van der Waals surface area contributed by atoms with Crippen LogP contribution in [0.25, 0.3) is 10.6 Å². The van der Waals surface area contributed by atoms with Gasteiger partial charge in [0.1, 0.15) is 0 Å². The molecule has 0 aliphatic heterocycles.